The van der Waals surface area contributed by atoms with Crippen molar-refractivity contribution in [1.82, 2.24) is 19.7 Å². The van der Waals surface area contributed by atoms with Crippen LogP contribution in [0.3, 0.4) is 0 Å². The van der Waals surface area contributed by atoms with Gasteiger partial charge in [0.15, 0.2) is 0 Å². The zero-order valence-electron chi connectivity index (χ0n) is 17.6. The third-order valence-electron chi connectivity index (χ3n) is 5.65. The van der Waals surface area contributed by atoms with Gasteiger partial charge in [0.2, 0.25) is 5.91 Å². The van der Waals surface area contributed by atoms with Gasteiger partial charge in [-0.1, -0.05) is 24.3 Å². The average Bonchev–Trinajstić information content (AvgIpc) is 3.38. The average molecular weight is 405 g/mol. The van der Waals surface area contributed by atoms with Crippen molar-refractivity contribution in [3.8, 4) is 5.69 Å². The Balaban J connectivity index is 1.55. The molecule has 1 amide bonds. The molecule has 0 N–H and O–H groups in total. The zero-order chi connectivity index (χ0) is 20.9. The van der Waals surface area contributed by atoms with E-state index in [2.05, 4.69) is 10.1 Å². The first-order chi connectivity index (χ1) is 14.6. The molecule has 3 heterocycles. The third kappa shape index (κ3) is 4.60. The maximum atomic E-state index is 13.4. The lowest BCUT2D eigenvalue weighted by atomic mass is 10.1. The molecule has 1 saturated heterocycles. The minimum atomic E-state index is 0.0787. The molecule has 0 bridgehead atoms. The van der Waals surface area contributed by atoms with Crippen LogP contribution in [0.15, 0.2) is 54.7 Å². The molecule has 0 saturated carbocycles. The Morgan fingerprint density at radius 3 is 2.67 bits per heavy atom. The van der Waals surface area contributed by atoms with Gasteiger partial charge >= 0.3 is 0 Å². The molecule has 30 heavy (non-hydrogen) atoms. The van der Waals surface area contributed by atoms with Crippen LogP contribution in [0.2, 0.25) is 0 Å². The van der Waals surface area contributed by atoms with Crippen molar-refractivity contribution in [1.29, 1.82) is 0 Å². The van der Waals surface area contributed by atoms with Crippen LogP contribution in [0, 0.1) is 13.8 Å². The number of carbonyl (C=O) groups is 1. The van der Waals surface area contributed by atoms with Gasteiger partial charge in [-0.15, -0.1) is 0 Å². The molecule has 0 aliphatic carbocycles. The summed E-state index contributed by atoms with van der Waals surface area (Å²) in [7, 11) is 0. The Labute approximate surface area is 177 Å². The van der Waals surface area contributed by atoms with Gasteiger partial charge in [-0.2, -0.15) is 5.10 Å². The summed E-state index contributed by atoms with van der Waals surface area (Å²) in [5, 5.41) is 4.69. The van der Waals surface area contributed by atoms with Crippen molar-refractivity contribution in [2.75, 3.05) is 13.2 Å². The Morgan fingerprint density at radius 1 is 1.17 bits per heavy atom. The maximum Gasteiger partial charge on any atom is 0.227 e. The highest BCUT2D eigenvalue weighted by atomic mass is 16.5. The van der Waals surface area contributed by atoms with E-state index in [-0.39, 0.29) is 12.0 Å². The highest BCUT2D eigenvalue weighted by Gasteiger charge is 2.25. The van der Waals surface area contributed by atoms with Crippen LogP contribution in [0.5, 0.6) is 0 Å². The summed E-state index contributed by atoms with van der Waals surface area (Å²) in [4.78, 5) is 19.7. The number of nitrogens with zero attached hydrogens (tertiary/aromatic N) is 4. The van der Waals surface area contributed by atoms with Crippen LogP contribution < -0.4 is 0 Å². The topological polar surface area (TPSA) is 60.2 Å². The number of hydrogen-bond donors (Lipinski definition) is 0. The predicted octanol–water partition coefficient (Wildman–Crippen LogP) is 3.63. The van der Waals surface area contributed by atoms with Crippen LogP contribution in [0.25, 0.3) is 5.69 Å². The van der Waals surface area contributed by atoms with Gasteiger partial charge in [0, 0.05) is 30.6 Å². The second-order valence-electron chi connectivity index (χ2n) is 7.80. The SMILES string of the molecule is Cc1nn(-c2ccccc2)c(C)c1CC(=O)N(Cc1ccccn1)C[C@@H]1CCCO1. The Morgan fingerprint density at radius 2 is 1.97 bits per heavy atom. The molecular weight excluding hydrogens is 376 g/mol. The minimum Gasteiger partial charge on any atom is -0.376 e. The van der Waals surface area contributed by atoms with Crippen molar-refractivity contribution in [3.05, 3.63) is 77.4 Å². The van der Waals surface area contributed by atoms with Crippen LogP contribution in [-0.4, -0.2) is 44.8 Å². The molecule has 4 rings (SSSR count). The lowest BCUT2D eigenvalue weighted by molar-refractivity contribution is -0.132. The summed E-state index contributed by atoms with van der Waals surface area (Å²) in [6.45, 7) is 5.86. The van der Waals surface area contributed by atoms with Crippen molar-refractivity contribution in [2.45, 2.75) is 45.8 Å². The summed E-state index contributed by atoms with van der Waals surface area (Å²) in [5.41, 5.74) is 4.77. The molecule has 156 valence electrons. The lowest BCUT2D eigenvalue weighted by Crippen LogP contribution is -2.38. The van der Waals surface area contributed by atoms with Gasteiger partial charge in [0.1, 0.15) is 0 Å². The molecule has 1 aliphatic heterocycles. The first kappa shape index (κ1) is 20.3. The van der Waals surface area contributed by atoms with Gasteiger partial charge in [0.25, 0.3) is 0 Å². The monoisotopic (exact) mass is 404 g/mol. The number of pyridine rings is 1. The molecule has 0 spiro atoms. The van der Waals surface area contributed by atoms with Gasteiger partial charge < -0.3 is 9.64 Å². The van der Waals surface area contributed by atoms with E-state index < -0.39 is 0 Å². The van der Waals surface area contributed by atoms with E-state index in [4.69, 9.17) is 4.74 Å². The molecule has 1 aliphatic rings. The number of aryl methyl sites for hydroxylation is 1. The maximum absolute atomic E-state index is 13.4. The van der Waals surface area contributed by atoms with E-state index in [1.807, 2.05) is 72.0 Å². The molecule has 6 nitrogen and oxygen atoms in total. The van der Waals surface area contributed by atoms with E-state index in [9.17, 15) is 4.79 Å². The van der Waals surface area contributed by atoms with Crippen molar-refractivity contribution in [3.63, 3.8) is 0 Å². The molecule has 3 aromatic rings. The van der Waals surface area contributed by atoms with Gasteiger partial charge in [-0.25, -0.2) is 4.68 Å². The fourth-order valence-corrected chi connectivity index (χ4v) is 3.99. The highest BCUT2D eigenvalue weighted by molar-refractivity contribution is 5.79. The van der Waals surface area contributed by atoms with Crippen molar-refractivity contribution < 1.29 is 9.53 Å². The number of ether oxygens (including phenoxy) is 1. The normalized spacial score (nSPS) is 16.0. The summed E-state index contributed by atoms with van der Waals surface area (Å²) < 4.78 is 7.72. The molecule has 1 aromatic carbocycles. The second kappa shape index (κ2) is 9.22. The number of rotatable bonds is 7. The largest absolute Gasteiger partial charge is 0.376 e. The lowest BCUT2D eigenvalue weighted by Gasteiger charge is -2.25. The van der Waals surface area contributed by atoms with Crippen molar-refractivity contribution >= 4 is 5.91 Å². The van der Waals surface area contributed by atoms with Crippen molar-refractivity contribution in [2.24, 2.45) is 0 Å². The zero-order valence-corrected chi connectivity index (χ0v) is 17.6. The van der Waals surface area contributed by atoms with Crippen LogP contribution in [-0.2, 0) is 22.5 Å². The number of aromatic nitrogens is 3. The number of carbonyl (C=O) groups excluding carboxylic acids is 1. The smallest absolute Gasteiger partial charge is 0.227 e. The van der Waals surface area contributed by atoms with Gasteiger partial charge in [0.05, 0.1) is 36.1 Å². The number of para-hydroxylation sites is 1. The van der Waals surface area contributed by atoms with Crippen LogP contribution >= 0.6 is 0 Å². The minimum absolute atomic E-state index is 0.0787. The Hall–Kier alpha value is -2.99. The molecule has 0 unspecified atom stereocenters. The fourth-order valence-electron chi connectivity index (χ4n) is 3.99. The van der Waals surface area contributed by atoms with E-state index in [0.717, 1.165) is 47.8 Å². The standard InChI is InChI=1S/C24H28N4O2/c1-18-23(19(2)28(26-18)21-10-4-3-5-11-21)15-24(29)27(17-22-12-8-14-30-22)16-20-9-6-7-13-25-20/h3-7,9-11,13,22H,8,12,14-17H2,1-2H3/t22-/m0/s1. The molecule has 2 aromatic heterocycles. The predicted molar refractivity (Wildman–Crippen MR) is 115 cm³/mol. The van der Waals surface area contributed by atoms with E-state index in [0.29, 0.717) is 19.5 Å². The quantitative estimate of drug-likeness (QED) is 0.603. The van der Waals surface area contributed by atoms with Gasteiger partial charge in [-0.05, 0) is 51.0 Å². The number of amides is 1. The van der Waals surface area contributed by atoms with Crippen LogP contribution in [0.4, 0.5) is 0 Å². The molecule has 1 atom stereocenters. The van der Waals surface area contributed by atoms with Gasteiger partial charge in [-0.3, -0.25) is 9.78 Å². The fraction of sp³-hybridized carbons (Fsp3) is 0.375. The summed E-state index contributed by atoms with van der Waals surface area (Å²) in [5.74, 6) is 0.0787. The van der Waals surface area contributed by atoms with Crippen LogP contribution in [0.1, 0.15) is 35.5 Å². The molecule has 1 fully saturated rings. The summed E-state index contributed by atoms with van der Waals surface area (Å²) >= 11 is 0. The Bertz CT molecular complexity index is 979. The van der Waals surface area contributed by atoms with E-state index in [1.54, 1.807) is 6.20 Å². The van der Waals surface area contributed by atoms with E-state index >= 15 is 0 Å². The number of hydrogen-bond acceptors (Lipinski definition) is 4. The molecule has 6 heteroatoms. The molecule has 0 radical (unpaired) electrons. The third-order valence-corrected chi connectivity index (χ3v) is 5.65. The van der Waals surface area contributed by atoms with E-state index in [1.165, 1.54) is 0 Å². The highest BCUT2D eigenvalue weighted by Crippen LogP contribution is 2.21. The molecular formula is C24H28N4O2. The summed E-state index contributed by atoms with van der Waals surface area (Å²) in [6, 6.07) is 15.8. The first-order valence-electron chi connectivity index (χ1n) is 10.5. The second-order valence-corrected chi connectivity index (χ2v) is 7.80. The summed E-state index contributed by atoms with van der Waals surface area (Å²) in [6.07, 6.45) is 4.24. The Kier molecular flexibility index (Phi) is 6.23. The number of benzene rings is 1. The first-order valence-corrected chi connectivity index (χ1v) is 10.5.